The first-order valence-electron chi connectivity index (χ1n) is 7.62. The van der Waals surface area contributed by atoms with Gasteiger partial charge in [0.1, 0.15) is 6.54 Å². The number of para-hydroxylation sites is 1. The fraction of sp³-hybridized carbons (Fsp3) is 0.353. The zero-order valence-electron chi connectivity index (χ0n) is 13.9. The highest BCUT2D eigenvalue weighted by molar-refractivity contribution is 6.32. The van der Waals surface area contributed by atoms with Gasteiger partial charge in [0.2, 0.25) is 0 Å². The topological polar surface area (TPSA) is 75.4 Å². The van der Waals surface area contributed by atoms with Crippen LogP contribution in [0.2, 0.25) is 5.02 Å². The predicted octanol–water partition coefficient (Wildman–Crippen LogP) is 3.02. The number of carbonyl (C=O) groups excluding carboxylic acids is 1. The summed E-state index contributed by atoms with van der Waals surface area (Å²) in [7, 11) is 0. The molecule has 0 fully saturated rings. The fourth-order valence-electron chi connectivity index (χ4n) is 2.43. The van der Waals surface area contributed by atoms with Gasteiger partial charge < -0.3 is 10.0 Å². The molecule has 0 atom stereocenters. The van der Waals surface area contributed by atoms with Gasteiger partial charge in [0.15, 0.2) is 5.69 Å². The van der Waals surface area contributed by atoms with E-state index in [1.807, 2.05) is 32.9 Å². The molecule has 7 heteroatoms. The molecule has 0 aliphatic rings. The second-order valence-electron chi connectivity index (χ2n) is 6.01. The van der Waals surface area contributed by atoms with Gasteiger partial charge in [-0.05, 0) is 31.0 Å². The molecule has 2 rings (SSSR count). The van der Waals surface area contributed by atoms with Crippen molar-refractivity contribution in [3.05, 3.63) is 46.7 Å². The van der Waals surface area contributed by atoms with Crippen LogP contribution in [0.15, 0.2) is 30.3 Å². The van der Waals surface area contributed by atoms with E-state index in [2.05, 4.69) is 5.10 Å². The standard InChI is InChI=1S/C17H20ClN3O3/c1-11(2)9-20(10-16(22)23)17(24)14-8-12(3)21(19-14)15-7-5-4-6-13(15)18/h4-8,11H,9-10H2,1-3H3,(H,22,23). The van der Waals surface area contributed by atoms with Gasteiger partial charge >= 0.3 is 5.97 Å². The summed E-state index contributed by atoms with van der Waals surface area (Å²) in [5.74, 6) is -1.30. The van der Waals surface area contributed by atoms with Gasteiger partial charge in [-0.2, -0.15) is 5.10 Å². The highest BCUT2D eigenvalue weighted by Crippen LogP contribution is 2.21. The Hall–Kier alpha value is -2.34. The van der Waals surface area contributed by atoms with Crippen molar-refractivity contribution in [2.24, 2.45) is 5.92 Å². The van der Waals surface area contributed by atoms with E-state index >= 15 is 0 Å². The largest absolute Gasteiger partial charge is 0.480 e. The van der Waals surface area contributed by atoms with Crippen molar-refractivity contribution in [2.75, 3.05) is 13.1 Å². The molecule has 1 amide bonds. The molecular formula is C17H20ClN3O3. The Balaban J connectivity index is 2.35. The van der Waals surface area contributed by atoms with E-state index in [9.17, 15) is 9.59 Å². The Bertz CT molecular complexity index is 755. The first-order chi connectivity index (χ1) is 11.3. The lowest BCUT2D eigenvalue weighted by Gasteiger charge is -2.21. The Labute approximate surface area is 145 Å². The van der Waals surface area contributed by atoms with Crippen LogP contribution in [0.3, 0.4) is 0 Å². The Morgan fingerprint density at radius 1 is 1.33 bits per heavy atom. The number of hydrogen-bond donors (Lipinski definition) is 1. The van der Waals surface area contributed by atoms with Gasteiger partial charge in [-0.1, -0.05) is 37.6 Å². The van der Waals surface area contributed by atoms with E-state index in [1.54, 1.807) is 22.9 Å². The van der Waals surface area contributed by atoms with Crippen LogP contribution in [0.5, 0.6) is 0 Å². The number of carbonyl (C=O) groups is 2. The molecule has 0 aliphatic carbocycles. The summed E-state index contributed by atoms with van der Waals surface area (Å²) in [6.45, 7) is 5.67. The summed E-state index contributed by atoms with van der Waals surface area (Å²) in [6, 6.07) is 8.84. The number of aliphatic carboxylic acids is 1. The Morgan fingerprint density at radius 2 is 2.00 bits per heavy atom. The molecule has 0 saturated carbocycles. The number of nitrogens with zero attached hydrogens (tertiary/aromatic N) is 3. The molecule has 128 valence electrons. The quantitative estimate of drug-likeness (QED) is 0.869. The summed E-state index contributed by atoms with van der Waals surface area (Å²) in [6.07, 6.45) is 0. The van der Waals surface area contributed by atoms with Crippen LogP contribution in [0.4, 0.5) is 0 Å². The van der Waals surface area contributed by atoms with Gasteiger partial charge in [0, 0.05) is 12.2 Å². The maximum absolute atomic E-state index is 12.7. The van der Waals surface area contributed by atoms with Crippen LogP contribution < -0.4 is 0 Å². The van der Waals surface area contributed by atoms with Crippen LogP contribution in [0.25, 0.3) is 5.69 Å². The zero-order chi connectivity index (χ0) is 17.9. The molecule has 2 aromatic rings. The molecule has 0 radical (unpaired) electrons. The fourth-order valence-corrected chi connectivity index (χ4v) is 2.65. The number of carboxylic acid groups (broad SMARTS) is 1. The first kappa shape index (κ1) is 18.0. The highest BCUT2D eigenvalue weighted by atomic mass is 35.5. The number of amides is 1. The van der Waals surface area contributed by atoms with Crippen LogP contribution in [-0.2, 0) is 4.79 Å². The first-order valence-corrected chi connectivity index (χ1v) is 8.00. The van der Waals surface area contributed by atoms with Gasteiger partial charge in [-0.3, -0.25) is 9.59 Å². The van der Waals surface area contributed by atoms with Crippen LogP contribution in [-0.4, -0.2) is 44.8 Å². The predicted molar refractivity (Wildman–Crippen MR) is 91.7 cm³/mol. The van der Waals surface area contributed by atoms with Crippen LogP contribution in [0.1, 0.15) is 30.0 Å². The van der Waals surface area contributed by atoms with Crippen LogP contribution in [0, 0.1) is 12.8 Å². The minimum absolute atomic E-state index is 0.153. The molecule has 0 spiro atoms. The molecule has 0 unspecified atom stereocenters. The summed E-state index contributed by atoms with van der Waals surface area (Å²) in [5.41, 5.74) is 1.62. The van der Waals surface area contributed by atoms with Crippen molar-refractivity contribution in [2.45, 2.75) is 20.8 Å². The number of rotatable bonds is 6. The number of aromatic nitrogens is 2. The van der Waals surface area contributed by atoms with E-state index < -0.39 is 11.9 Å². The summed E-state index contributed by atoms with van der Waals surface area (Å²) >= 11 is 6.19. The third-order valence-corrected chi connectivity index (χ3v) is 3.71. The van der Waals surface area contributed by atoms with Gasteiger partial charge in [0.25, 0.3) is 5.91 Å². The molecule has 1 aromatic carbocycles. The molecule has 24 heavy (non-hydrogen) atoms. The number of benzene rings is 1. The lowest BCUT2D eigenvalue weighted by atomic mass is 10.2. The zero-order valence-corrected chi connectivity index (χ0v) is 14.6. The van der Waals surface area contributed by atoms with E-state index in [0.29, 0.717) is 17.3 Å². The third kappa shape index (κ3) is 4.14. The Kier molecular flexibility index (Phi) is 5.62. The summed E-state index contributed by atoms with van der Waals surface area (Å²) < 4.78 is 1.59. The number of aryl methyl sites for hydroxylation is 1. The number of halogens is 1. The molecule has 0 bridgehead atoms. The molecule has 1 aromatic heterocycles. The number of carboxylic acids is 1. The summed E-state index contributed by atoms with van der Waals surface area (Å²) in [4.78, 5) is 25.0. The van der Waals surface area contributed by atoms with Gasteiger partial charge in [-0.15, -0.1) is 0 Å². The van der Waals surface area contributed by atoms with Crippen molar-refractivity contribution in [3.8, 4) is 5.69 Å². The smallest absolute Gasteiger partial charge is 0.323 e. The maximum atomic E-state index is 12.7. The lowest BCUT2D eigenvalue weighted by molar-refractivity contribution is -0.137. The van der Waals surface area contributed by atoms with Crippen molar-refractivity contribution in [3.63, 3.8) is 0 Å². The van der Waals surface area contributed by atoms with Crippen molar-refractivity contribution >= 4 is 23.5 Å². The molecule has 1 N–H and O–H groups in total. The third-order valence-electron chi connectivity index (χ3n) is 3.39. The van der Waals surface area contributed by atoms with Gasteiger partial charge in [0.05, 0.1) is 10.7 Å². The van der Waals surface area contributed by atoms with Crippen molar-refractivity contribution in [1.29, 1.82) is 0 Å². The normalized spacial score (nSPS) is 10.9. The average molecular weight is 350 g/mol. The van der Waals surface area contributed by atoms with E-state index in [-0.39, 0.29) is 18.2 Å². The van der Waals surface area contributed by atoms with E-state index in [0.717, 1.165) is 5.69 Å². The van der Waals surface area contributed by atoms with E-state index in [1.165, 1.54) is 4.90 Å². The molecule has 1 heterocycles. The summed E-state index contributed by atoms with van der Waals surface area (Å²) in [5, 5.41) is 13.9. The second kappa shape index (κ2) is 7.49. The highest BCUT2D eigenvalue weighted by Gasteiger charge is 2.23. The van der Waals surface area contributed by atoms with E-state index in [4.69, 9.17) is 16.7 Å². The minimum atomic E-state index is -1.05. The molecule has 0 aliphatic heterocycles. The Morgan fingerprint density at radius 3 is 2.58 bits per heavy atom. The monoisotopic (exact) mass is 349 g/mol. The minimum Gasteiger partial charge on any atom is -0.480 e. The molecule has 6 nitrogen and oxygen atoms in total. The SMILES string of the molecule is Cc1cc(C(=O)N(CC(=O)O)CC(C)C)nn1-c1ccccc1Cl. The van der Waals surface area contributed by atoms with Crippen LogP contribution >= 0.6 is 11.6 Å². The number of hydrogen-bond acceptors (Lipinski definition) is 3. The second-order valence-corrected chi connectivity index (χ2v) is 6.41. The molecule has 0 saturated heterocycles. The lowest BCUT2D eigenvalue weighted by Crippen LogP contribution is -2.38. The van der Waals surface area contributed by atoms with Crippen molar-refractivity contribution < 1.29 is 14.7 Å². The van der Waals surface area contributed by atoms with Crippen molar-refractivity contribution in [1.82, 2.24) is 14.7 Å². The maximum Gasteiger partial charge on any atom is 0.323 e. The average Bonchev–Trinajstić information content (AvgIpc) is 2.87. The molecular weight excluding hydrogens is 330 g/mol. The van der Waals surface area contributed by atoms with Gasteiger partial charge in [-0.25, -0.2) is 4.68 Å².